The first kappa shape index (κ1) is 17.6. The summed E-state index contributed by atoms with van der Waals surface area (Å²) in [5.74, 6) is -0.379. The standard InChI is InChI=1S/C16H18FN3O4/c1-10(2)8-18-11(3)14(20(23)24)15(21)19(16(18)22)9-12-4-6-13(17)7-5-12/h4-7,10H,8-9H2,1-3H3. The molecule has 0 unspecified atom stereocenters. The molecule has 0 atom stereocenters. The van der Waals surface area contributed by atoms with Gasteiger partial charge >= 0.3 is 16.9 Å². The maximum atomic E-state index is 13.0. The summed E-state index contributed by atoms with van der Waals surface area (Å²) in [6.07, 6.45) is 0. The van der Waals surface area contributed by atoms with Crippen LogP contribution >= 0.6 is 0 Å². The molecule has 0 fully saturated rings. The first-order valence-corrected chi connectivity index (χ1v) is 7.45. The lowest BCUT2D eigenvalue weighted by atomic mass is 10.2. The Hall–Kier alpha value is -2.77. The van der Waals surface area contributed by atoms with E-state index in [1.54, 1.807) is 0 Å². The first-order valence-electron chi connectivity index (χ1n) is 7.45. The molecule has 8 heteroatoms. The Morgan fingerprint density at radius 1 is 1.17 bits per heavy atom. The van der Waals surface area contributed by atoms with Crippen molar-refractivity contribution in [3.8, 4) is 0 Å². The summed E-state index contributed by atoms with van der Waals surface area (Å²) in [6.45, 7) is 5.23. The zero-order chi connectivity index (χ0) is 18.0. The topological polar surface area (TPSA) is 87.1 Å². The van der Waals surface area contributed by atoms with E-state index in [0.29, 0.717) is 5.56 Å². The molecule has 0 N–H and O–H groups in total. The second kappa shape index (κ2) is 6.77. The van der Waals surface area contributed by atoms with Gasteiger partial charge in [-0.1, -0.05) is 26.0 Å². The SMILES string of the molecule is Cc1c([N+](=O)[O-])c(=O)n(Cc2ccc(F)cc2)c(=O)n1CC(C)C. The summed E-state index contributed by atoms with van der Waals surface area (Å²) in [5.41, 5.74) is -1.63. The molecule has 0 aliphatic carbocycles. The summed E-state index contributed by atoms with van der Waals surface area (Å²) in [5, 5.41) is 11.3. The average Bonchev–Trinajstić information content (AvgIpc) is 2.49. The fourth-order valence-corrected chi connectivity index (χ4v) is 2.49. The number of aromatic nitrogens is 2. The highest BCUT2D eigenvalue weighted by molar-refractivity contribution is 5.32. The predicted molar refractivity (Wildman–Crippen MR) is 86.7 cm³/mol. The maximum absolute atomic E-state index is 13.0. The van der Waals surface area contributed by atoms with Crippen molar-refractivity contribution in [3.63, 3.8) is 0 Å². The smallest absolute Gasteiger partial charge is 0.291 e. The van der Waals surface area contributed by atoms with Crippen LogP contribution in [0.4, 0.5) is 10.1 Å². The Balaban J connectivity index is 2.67. The fraction of sp³-hybridized carbons (Fsp3) is 0.375. The number of rotatable bonds is 5. The zero-order valence-electron chi connectivity index (χ0n) is 13.7. The van der Waals surface area contributed by atoms with Crippen LogP contribution in [0.15, 0.2) is 33.9 Å². The van der Waals surface area contributed by atoms with Crippen molar-refractivity contribution < 1.29 is 9.31 Å². The van der Waals surface area contributed by atoms with E-state index in [9.17, 15) is 24.1 Å². The Kier molecular flexibility index (Phi) is 4.96. The molecule has 0 aliphatic rings. The van der Waals surface area contributed by atoms with E-state index in [2.05, 4.69) is 0 Å². The molecule has 0 saturated heterocycles. The molecule has 1 aromatic carbocycles. The van der Waals surface area contributed by atoms with Gasteiger partial charge in [0.1, 0.15) is 11.5 Å². The molecule has 0 aliphatic heterocycles. The van der Waals surface area contributed by atoms with Crippen LogP contribution < -0.4 is 11.2 Å². The van der Waals surface area contributed by atoms with E-state index in [1.807, 2.05) is 13.8 Å². The molecule has 0 saturated carbocycles. The van der Waals surface area contributed by atoms with Gasteiger partial charge in [-0.25, -0.2) is 13.8 Å². The van der Waals surface area contributed by atoms with Crippen LogP contribution in [-0.2, 0) is 13.1 Å². The van der Waals surface area contributed by atoms with Gasteiger partial charge in [-0.3, -0.25) is 19.5 Å². The molecule has 0 bridgehead atoms. The summed E-state index contributed by atoms with van der Waals surface area (Å²) < 4.78 is 15.1. The molecule has 128 valence electrons. The number of hydrogen-bond donors (Lipinski definition) is 0. The van der Waals surface area contributed by atoms with E-state index in [1.165, 1.54) is 35.8 Å². The van der Waals surface area contributed by atoms with Crippen molar-refractivity contribution in [2.75, 3.05) is 0 Å². The predicted octanol–water partition coefficient (Wildman–Crippen LogP) is 2.07. The highest BCUT2D eigenvalue weighted by Gasteiger charge is 2.25. The molecular formula is C16H18FN3O4. The van der Waals surface area contributed by atoms with Gasteiger partial charge in [0, 0.05) is 6.54 Å². The molecular weight excluding hydrogens is 317 g/mol. The van der Waals surface area contributed by atoms with E-state index in [-0.39, 0.29) is 24.7 Å². The Bertz CT molecular complexity index is 882. The van der Waals surface area contributed by atoms with Crippen molar-refractivity contribution in [2.24, 2.45) is 5.92 Å². The third-order valence-electron chi connectivity index (χ3n) is 3.64. The molecule has 2 aromatic rings. The number of halogens is 1. The average molecular weight is 335 g/mol. The van der Waals surface area contributed by atoms with Crippen molar-refractivity contribution in [1.82, 2.24) is 9.13 Å². The molecule has 1 aromatic heterocycles. The summed E-state index contributed by atoms with van der Waals surface area (Å²) in [4.78, 5) is 35.5. The lowest BCUT2D eigenvalue weighted by molar-refractivity contribution is -0.387. The molecule has 0 radical (unpaired) electrons. The van der Waals surface area contributed by atoms with Crippen molar-refractivity contribution >= 4 is 5.69 Å². The van der Waals surface area contributed by atoms with Gasteiger partial charge in [0.25, 0.3) is 0 Å². The van der Waals surface area contributed by atoms with Gasteiger partial charge in [-0.2, -0.15) is 0 Å². The summed E-state index contributed by atoms with van der Waals surface area (Å²) in [7, 11) is 0. The lowest BCUT2D eigenvalue weighted by Gasteiger charge is -2.15. The molecule has 7 nitrogen and oxygen atoms in total. The van der Waals surface area contributed by atoms with Gasteiger partial charge in [0.2, 0.25) is 0 Å². The van der Waals surface area contributed by atoms with Crippen LogP contribution in [0.1, 0.15) is 25.1 Å². The Labute approximate surface area is 137 Å². The number of nitro groups is 1. The highest BCUT2D eigenvalue weighted by Crippen LogP contribution is 2.12. The minimum atomic E-state index is -0.952. The van der Waals surface area contributed by atoms with Crippen LogP contribution in [-0.4, -0.2) is 14.1 Å². The third-order valence-corrected chi connectivity index (χ3v) is 3.64. The molecule has 0 spiro atoms. The quantitative estimate of drug-likeness (QED) is 0.618. The molecule has 2 rings (SSSR count). The fourth-order valence-electron chi connectivity index (χ4n) is 2.49. The maximum Gasteiger partial charge on any atom is 0.353 e. The van der Waals surface area contributed by atoms with Crippen LogP contribution in [0.2, 0.25) is 0 Å². The monoisotopic (exact) mass is 335 g/mol. The number of benzene rings is 1. The minimum absolute atomic E-state index is 0.0408. The van der Waals surface area contributed by atoms with E-state index < -0.39 is 27.7 Å². The van der Waals surface area contributed by atoms with Crippen molar-refractivity contribution in [2.45, 2.75) is 33.9 Å². The third kappa shape index (κ3) is 3.42. The van der Waals surface area contributed by atoms with E-state index in [4.69, 9.17) is 0 Å². The molecule has 0 amide bonds. The van der Waals surface area contributed by atoms with Crippen molar-refractivity contribution in [3.05, 3.63) is 72.3 Å². The van der Waals surface area contributed by atoms with E-state index >= 15 is 0 Å². The van der Waals surface area contributed by atoms with Crippen LogP contribution in [0.25, 0.3) is 0 Å². The Morgan fingerprint density at radius 2 is 1.75 bits per heavy atom. The van der Waals surface area contributed by atoms with E-state index in [0.717, 1.165) is 4.57 Å². The van der Waals surface area contributed by atoms with Crippen LogP contribution in [0, 0.1) is 28.8 Å². The van der Waals surface area contributed by atoms with Gasteiger partial charge in [-0.15, -0.1) is 0 Å². The first-order chi connectivity index (χ1) is 11.2. The minimum Gasteiger partial charge on any atom is -0.291 e. The zero-order valence-corrected chi connectivity index (χ0v) is 13.7. The Morgan fingerprint density at radius 3 is 2.25 bits per heavy atom. The second-order valence-electron chi connectivity index (χ2n) is 6.00. The van der Waals surface area contributed by atoms with Gasteiger partial charge in [0.15, 0.2) is 0 Å². The number of hydrogen-bond acceptors (Lipinski definition) is 4. The van der Waals surface area contributed by atoms with Gasteiger partial charge in [0.05, 0.1) is 11.5 Å². The van der Waals surface area contributed by atoms with Gasteiger partial charge < -0.3 is 0 Å². The summed E-state index contributed by atoms with van der Waals surface area (Å²) in [6, 6.07) is 5.27. The number of nitrogens with zero attached hydrogens (tertiary/aromatic N) is 3. The highest BCUT2D eigenvalue weighted by atomic mass is 19.1. The van der Waals surface area contributed by atoms with Crippen molar-refractivity contribution in [1.29, 1.82) is 0 Å². The van der Waals surface area contributed by atoms with Crippen LogP contribution in [0.3, 0.4) is 0 Å². The second-order valence-corrected chi connectivity index (χ2v) is 6.00. The normalized spacial score (nSPS) is 11.0. The molecule has 1 heterocycles. The lowest BCUT2D eigenvalue weighted by Crippen LogP contribution is -2.43. The van der Waals surface area contributed by atoms with Crippen LogP contribution in [0.5, 0.6) is 0 Å². The summed E-state index contributed by atoms with van der Waals surface area (Å²) >= 11 is 0. The van der Waals surface area contributed by atoms with Gasteiger partial charge in [-0.05, 0) is 30.5 Å². The molecule has 24 heavy (non-hydrogen) atoms. The largest absolute Gasteiger partial charge is 0.353 e.